The summed E-state index contributed by atoms with van der Waals surface area (Å²) in [6.07, 6.45) is 7.55. The number of rotatable bonds is 9. The summed E-state index contributed by atoms with van der Waals surface area (Å²) in [5.41, 5.74) is 2.31. The first-order valence-corrected chi connectivity index (χ1v) is 12.4. The number of aliphatic hydroxyl groups is 1. The van der Waals surface area contributed by atoms with Crippen LogP contribution in [0.2, 0.25) is 0 Å². The van der Waals surface area contributed by atoms with Crippen LogP contribution in [0.25, 0.3) is 0 Å². The number of methoxy groups -OCH3 is 1. The van der Waals surface area contributed by atoms with E-state index in [-0.39, 0.29) is 18.5 Å². The van der Waals surface area contributed by atoms with Crippen molar-refractivity contribution in [3.63, 3.8) is 0 Å². The van der Waals surface area contributed by atoms with Gasteiger partial charge in [-0.1, -0.05) is 6.07 Å². The molecule has 1 aliphatic carbocycles. The van der Waals surface area contributed by atoms with E-state index in [9.17, 15) is 4.39 Å². The van der Waals surface area contributed by atoms with E-state index in [2.05, 4.69) is 38.6 Å². The fourth-order valence-electron chi connectivity index (χ4n) is 5.32. The molecule has 186 valence electrons. The van der Waals surface area contributed by atoms with Gasteiger partial charge in [0, 0.05) is 57.7 Å². The van der Waals surface area contributed by atoms with Crippen molar-refractivity contribution in [2.45, 2.75) is 38.1 Å². The molecule has 2 fully saturated rings. The molecule has 0 amide bonds. The number of ether oxygens (including phenoxy) is 1. The lowest BCUT2D eigenvalue weighted by Crippen LogP contribution is -2.47. The van der Waals surface area contributed by atoms with E-state index in [1.165, 1.54) is 31.6 Å². The minimum Gasteiger partial charge on any atom is -0.494 e. The van der Waals surface area contributed by atoms with E-state index in [0.29, 0.717) is 17.6 Å². The second-order valence-electron chi connectivity index (χ2n) is 9.75. The minimum atomic E-state index is -0.322. The molecule has 3 atom stereocenters. The van der Waals surface area contributed by atoms with Gasteiger partial charge >= 0.3 is 0 Å². The molecule has 0 radical (unpaired) electrons. The Morgan fingerprint density at radius 2 is 1.91 bits per heavy atom. The summed E-state index contributed by atoms with van der Waals surface area (Å²) in [7, 11) is 3.65. The highest BCUT2D eigenvalue weighted by Crippen LogP contribution is 2.39. The molecular weight excluding hydrogens is 433 g/mol. The Hall–Kier alpha value is -2.29. The minimum absolute atomic E-state index is 0.189. The van der Waals surface area contributed by atoms with Crippen LogP contribution in [0.3, 0.4) is 0 Å². The van der Waals surface area contributed by atoms with Gasteiger partial charge in [-0.2, -0.15) is 0 Å². The number of hydrogen-bond donors (Lipinski definition) is 1. The maximum atomic E-state index is 13.8. The fourth-order valence-corrected chi connectivity index (χ4v) is 5.32. The lowest BCUT2D eigenvalue weighted by atomic mass is 9.98. The highest BCUT2D eigenvalue weighted by molar-refractivity contribution is 5.33. The van der Waals surface area contributed by atoms with Gasteiger partial charge in [-0.05, 0) is 68.3 Å². The van der Waals surface area contributed by atoms with Gasteiger partial charge in [0.1, 0.15) is 0 Å². The van der Waals surface area contributed by atoms with Crippen molar-refractivity contribution in [2.75, 3.05) is 64.9 Å². The van der Waals surface area contributed by atoms with Gasteiger partial charge in [-0.25, -0.2) is 14.4 Å². The molecule has 1 saturated carbocycles. The van der Waals surface area contributed by atoms with Crippen LogP contribution in [0.5, 0.6) is 5.75 Å². The monoisotopic (exact) mass is 471 g/mol. The van der Waals surface area contributed by atoms with Crippen LogP contribution in [0.15, 0.2) is 30.6 Å². The summed E-state index contributed by atoms with van der Waals surface area (Å²) < 4.78 is 18.9. The SMILES string of the molecule is COc1cc([C@@H](C)N(C)C[C@H]2CC[C@@H](c3cnc(N4CCN(CCO)CC4)nc3)C2)ccc1F. The molecule has 4 rings (SSSR count). The fraction of sp³-hybridized carbons (Fsp3) is 0.615. The molecule has 1 saturated heterocycles. The number of β-amino-alcohol motifs (C(OH)–C–C–N with tert-alkyl or cyclic N) is 1. The summed E-state index contributed by atoms with van der Waals surface area (Å²) in [6.45, 7) is 7.79. The zero-order valence-corrected chi connectivity index (χ0v) is 20.7. The summed E-state index contributed by atoms with van der Waals surface area (Å²) in [4.78, 5) is 16.2. The lowest BCUT2D eigenvalue weighted by Gasteiger charge is -2.34. The number of aliphatic hydroxyl groups excluding tert-OH is 1. The molecule has 1 aromatic carbocycles. The van der Waals surface area contributed by atoms with E-state index in [0.717, 1.165) is 57.2 Å². The predicted octanol–water partition coefficient (Wildman–Crippen LogP) is 3.32. The molecule has 0 spiro atoms. The van der Waals surface area contributed by atoms with Gasteiger partial charge in [-0.3, -0.25) is 9.80 Å². The van der Waals surface area contributed by atoms with Crippen LogP contribution in [0.4, 0.5) is 10.3 Å². The van der Waals surface area contributed by atoms with Crippen LogP contribution < -0.4 is 9.64 Å². The first-order chi connectivity index (χ1) is 16.5. The van der Waals surface area contributed by atoms with E-state index >= 15 is 0 Å². The number of anilines is 1. The quantitative estimate of drug-likeness (QED) is 0.602. The second-order valence-corrected chi connectivity index (χ2v) is 9.75. The molecule has 0 bridgehead atoms. The Kier molecular flexibility index (Phi) is 8.34. The van der Waals surface area contributed by atoms with Gasteiger partial charge in [-0.15, -0.1) is 0 Å². The second kappa shape index (κ2) is 11.4. The highest BCUT2D eigenvalue weighted by atomic mass is 19.1. The first kappa shape index (κ1) is 24.8. The standard InChI is InChI=1S/C26H38FN5O2/c1-19(21-6-7-24(27)25(15-21)34-3)30(2)18-20-4-5-22(14-20)23-16-28-26(29-17-23)32-10-8-31(9-11-32)12-13-33/h6-7,15-17,19-20,22,33H,4-5,8-14,18H2,1-3H3/t19-,20+,22-/m1/s1. The van der Waals surface area contributed by atoms with Crippen LogP contribution in [0, 0.1) is 11.7 Å². The molecule has 1 N–H and O–H groups in total. The van der Waals surface area contributed by atoms with E-state index in [4.69, 9.17) is 9.84 Å². The van der Waals surface area contributed by atoms with Crippen LogP contribution in [0.1, 0.15) is 49.3 Å². The van der Waals surface area contributed by atoms with Crippen molar-refractivity contribution < 1.29 is 14.2 Å². The number of hydrogen-bond acceptors (Lipinski definition) is 7. The third-order valence-corrected chi connectivity index (χ3v) is 7.61. The molecule has 7 nitrogen and oxygen atoms in total. The van der Waals surface area contributed by atoms with Crippen LogP contribution in [-0.2, 0) is 0 Å². The Bertz CT molecular complexity index is 920. The number of aromatic nitrogens is 2. The zero-order valence-electron chi connectivity index (χ0n) is 20.7. The van der Waals surface area contributed by atoms with Crippen molar-refractivity contribution in [3.8, 4) is 5.75 Å². The normalized spacial score (nSPS) is 22.4. The van der Waals surface area contributed by atoms with Crippen LogP contribution >= 0.6 is 0 Å². The zero-order chi connectivity index (χ0) is 24.1. The molecule has 8 heteroatoms. The summed E-state index contributed by atoms with van der Waals surface area (Å²) in [5, 5.41) is 9.11. The number of nitrogens with zero attached hydrogens (tertiary/aromatic N) is 5. The van der Waals surface area contributed by atoms with Crippen molar-refractivity contribution in [2.24, 2.45) is 5.92 Å². The average molecular weight is 472 g/mol. The maximum absolute atomic E-state index is 13.8. The summed E-state index contributed by atoms with van der Waals surface area (Å²) in [6, 6.07) is 5.33. The molecular formula is C26H38FN5O2. The molecule has 2 aromatic rings. The molecule has 1 aromatic heterocycles. The van der Waals surface area contributed by atoms with Crippen molar-refractivity contribution in [1.29, 1.82) is 0 Å². The Balaban J connectivity index is 1.28. The van der Waals surface area contributed by atoms with Gasteiger partial charge in [0.05, 0.1) is 13.7 Å². The third kappa shape index (κ3) is 5.85. The lowest BCUT2D eigenvalue weighted by molar-refractivity contribution is 0.188. The summed E-state index contributed by atoms with van der Waals surface area (Å²) in [5.74, 6) is 1.92. The summed E-state index contributed by atoms with van der Waals surface area (Å²) >= 11 is 0. The highest BCUT2D eigenvalue weighted by Gasteiger charge is 2.29. The predicted molar refractivity (Wildman–Crippen MR) is 132 cm³/mol. The Morgan fingerprint density at radius 3 is 2.59 bits per heavy atom. The van der Waals surface area contributed by atoms with Crippen molar-refractivity contribution in [1.82, 2.24) is 19.8 Å². The molecule has 0 unspecified atom stereocenters. The first-order valence-electron chi connectivity index (χ1n) is 12.4. The number of piperazine rings is 1. The Morgan fingerprint density at radius 1 is 1.18 bits per heavy atom. The molecule has 1 aliphatic heterocycles. The van der Waals surface area contributed by atoms with Crippen molar-refractivity contribution >= 4 is 5.95 Å². The molecule has 2 aliphatic rings. The van der Waals surface area contributed by atoms with E-state index in [1.807, 2.05) is 18.5 Å². The van der Waals surface area contributed by atoms with Crippen LogP contribution in [-0.4, -0.2) is 84.9 Å². The smallest absolute Gasteiger partial charge is 0.225 e. The molecule has 2 heterocycles. The topological polar surface area (TPSA) is 65.0 Å². The van der Waals surface area contributed by atoms with Crippen molar-refractivity contribution in [3.05, 3.63) is 47.5 Å². The van der Waals surface area contributed by atoms with Gasteiger partial charge in [0.15, 0.2) is 11.6 Å². The van der Waals surface area contributed by atoms with Gasteiger partial charge in [0.2, 0.25) is 5.95 Å². The molecule has 34 heavy (non-hydrogen) atoms. The third-order valence-electron chi connectivity index (χ3n) is 7.61. The number of benzene rings is 1. The van der Waals surface area contributed by atoms with Gasteiger partial charge in [0.25, 0.3) is 0 Å². The van der Waals surface area contributed by atoms with E-state index in [1.54, 1.807) is 6.07 Å². The largest absolute Gasteiger partial charge is 0.494 e. The van der Waals surface area contributed by atoms with E-state index < -0.39 is 0 Å². The number of halogens is 1. The van der Waals surface area contributed by atoms with Gasteiger partial charge < -0.3 is 14.7 Å². The average Bonchev–Trinajstić information content (AvgIpc) is 3.33. The Labute approximate surface area is 202 Å². The maximum Gasteiger partial charge on any atom is 0.225 e.